The van der Waals surface area contributed by atoms with Gasteiger partial charge in [-0.1, -0.05) is 54.1 Å². The number of benzene rings is 2. The lowest BCUT2D eigenvalue weighted by Crippen LogP contribution is -2.35. The highest BCUT2D eigenvalue weighted by Crippen LogP contribution is 2.24. The predicted molar refractivity (Wildman–Crippen MR) is 131 cm³/mol. The van der Waals surface area contributed by atoms with Crippen LogP contribution in [0.3, 0.4) is 0 Å². The maximum absolute atomic E-state index is 12.8. The van der Waals surface area contributed by atoms with Gasteiger partial charge in [-0.15, -0.1) is 0 Å². The number of nitrogens with zero attached hydrogens (tertiary/aromatic N) is 4. The maximum atomic E-state index is 12.8. The Morgan fingerprint density at radius 3 is 2.53 bits per heavy atom. The van der Waals surface area contributed by atoms with E-state index < -0.39 is 15.9 Å². The molecule has 1 N–H and O–H groups in total. The molecule has 0 radical (unpaired) electrons. The SMILES string of the molecule is Cc1cccc(-c2cc(NC(=O)CN(C)S(=O)(=O)c3cccnc3)n(Cc3ccccc3)n2)c1. The molecule has 2 aromatic heterocycles. The monoisotopic (exact) mass is 475 g/mol. The molecule has 0 unspecified atom stereocenters. The Kier molecular flexibility index (Phi) is 6.85. The van der Waals surface area contributed by atoms with Gasteiger partial charge < -0.3 is 5.32 Å². The molecule has 0 aliphatic carbocycles. The number of nitrogens with one attached hydrogen (secondary N) is 1. The van der Waals surface area contributed by atoms with Crippen LogP contribution in [0.4, 0.5) is 5.82 Å². The summed E-state index contributed by atoms with van der Waals surface area (Å²) in [4.78, 5) is 16.7. The minimum atomic E-state index is -3.84. The summed E-state index contributed by atoms with van der Waals surface area (Å²) in [5, 5.41) is 7.54. The molecule has 4 aromatic rings. The van der Waals surface area contributed by atoms with Gasteiger partial charge in [0.2, 0.25) is 15.9 Å². The number of hydrogen-bond donors (Lipinski definition) is 1. The number of aromatic nitrogens is 3. The zero-order valence-electron chi connectivity index (χ0n) is 18.9. The second kappa shape index (κ2) is 9.98. The largest absolute Gasteiger partial charge is 0.310 e. The Morgan fingerprint density at radius 1 is 1.03 bits per heavy atom. The first kappa shape index (κ1) is 23.3. The van der Waals surface area contributed by atoms with Gasteiger partial charge in [-0.25, -0.2) is 13.1 Å². The average Bonchev–Trinajstić information content (AvgIpc) is 3.22. The lowest BCUT2D eigenvalue weighted by molar-refractivity contribution is -0.116. The summed E-state index contributed by atoms with van der Waals surface area (Å²) in [7, 11) is -2.48. The molecule has 0 spiro atoms. The van der Waals surface area contributed by atoms with Crippen molar-refractivity contribution >= 4 is 21.7 Å². The van der Waals surface area contributed by atoms with Crippen LogP contribution in [0.15, 0.2) is 90.1 Å². The lowest BCUT2D eigenvalue weighted by atomic mass is 10.1. The number of rotatable bonds is 8. The highest BCUT2D eigenvalue weighted by molar-refractivity contribution is 7.89. The molecule has 2 heterocycles. The second-order valence-electron chi connectivity index (χ2n) is 7.93. The van der Waals surface area contributed by atoms with Crippen LogP contribution in [0.25, 0.3) is 11.3 Å². The summed E-state index contributed by atoms with van der Waals surface area (Å²) in [6.45, 7) is 2.10. The summed E-state index contributed by atoms with van der Waals surface area (Å²) in [6.07, 6.45) is 2.75. The van der Waals surface area contributed by atoms with Crippen molar-refractivity contribution in [1.29, 1.82) is 0 Å². The molecule has 34 heavy (non-hydrogen) atoms. The predicted octanol–water partition coefficient (Wildman–Crippen LogP) is 3.56. The molecule has 0 saturated heterocycles. The minimum absolute atomic E-state index is 0.0288. The Labute approximate surface area is 198 Å². The molecule has 0 atom stereocenters. The lowest BCUT2D eigenvalue weighted by Gasteiger charge is -2.17. The van der Waals surface area contributed by atoms with Crippen molar-refractivity contribution < 1.29 is 13.2 Å². The van der Waals surface area contributed by atoms with Crippen molar-refractivity contribution in [2.75, 3.05) is 18.9 Å². The first-order chi connectivity index (χ1) is 16.3. The van der Waals surface area contributed by atoms with Crippen molar-refractivity contribution in [3.8, 4) is 11.3 Å². The third kappa shape index (κ3) is 5.38. The quantitative estimate of drug-likeness (QED) is 0.420. The van der Waals surface area contributed by atoms with Crippen molar-refractivity contribution in [2.24, 2.45) is 0 Å². The van der Waals surface area contributed by atoms with Crippen LogP contribution in [0.2, 0.25) is 0 Å². The summed E-state index contributed by atoms with van der Waals surface area (Å²) in [5.41, 5.74) is 3.76. The molecular weight excluding hydrogens is 450 g/mol. The third-order valence-electron chi connectivity index (χ3n) is 5.25. The molecular formula is C25H25N5O3S. The van der Waals surface area contributed by atoms with Crippen molar-refractivity contribution in [3.05, 3.63) is 96.3 Å². The fourth-order valence-corrected chi connectivity index (χ4v) is 4.58. The Balaban J connectivity index is 1.57. The topological polar surface area (TPSA) is 97.2 Å². The highest BCUT2D eigenvalue weighted by Gasteiger charge is 2.24. The van der Waals surface area contributed by atoms with Gasteiger partial charge in [0.05, 0.1) is 18.8 Å². The fraction of sp³-hybridized carbons (Fsp3) is 0.160. The molecule has 0 fully saturated rings. The number of carbonyl (C=O) groups excluding carboxylic acids is 1. The first-order valence-corrected chi connectivity index (χ1v) is 12.1. The number of likely N-dealkylation sites (N-methyl/N-ethyl adjacent to an activating group) is 1. The molecule has 0 bridgehead atoms. The van der Waals surface area contributed by atoms with E-state index in [9.17, 15) is 13.2 Å². The Morgan fingerprint density at radius 2 is 1.82 bits per heavy atom. The second-order valence-corrected chi connectivity index (χ2v) is 9.97. The van der Waals surface area contributed by atoms with Gasteiger partial charge in [-0.3, -0.25) is 9.78 Å². The van der Waals surface area contributed by atoms with Crippen LogP contribution >= 0.6 is 0 Å². The number of sulfonamides is 1. The van der Waals surface area contributed by atoms with Gasteiger partial charge >= 0.3 is 0 Å². The van der Waals surface area contributed by atoms with Crippen LogP contribution in [-0.4, -0.2) is 47.0 Å². The van der Waals surface area contributed by atoms with E-state index in [1.54, 1.807) is 10.7 Å². The number of aryl methyl sites for hydroxylation is 1. The van der Waals surface area contributed by atoms with E-state index in [0.717, 1.165) is 21.0 Å². The average molecular weight is 476 g/mol. The van der Waals surface area contributed by atoms with E-state index in [1.807, 2.05) is 61.5 Å². The van der Waals surface area contributed by atoms with Crippen LogP contribution < -0.4 is 5.32 Å². The molecule has 174 valence electrons. The van der Waals surface area contributed by atoms with Gasteiger partial charge in [-0.2, -0.15) is 9.40 Å². The van der Waals surface area contributed by atoms with Crippen molar-refractivity contribution in [2.45, 2.75) is 18.4 Å². The third-order valence-corrected chi connectivity index (χ3v) is 7.03. The normalized spacial score (nSPS) is 11.5. The smallest absolute Gasteiger partial charge is 0.244 e. The molecule has 0 aliphatic heterocycles. The van der Waals surface area contributed by atoms with Crippen molar-refractivity contribution in [1.82, 2.24) is 19.1 Å². The van der Waals surface area contributed by atoms with E-state index in [4.69, 9.17) is 5.10 Å². The molecule has 2 aromatic carbocycles. The molecule has 1 amide bonds. The Hall–Kier alpha value is -3.82. The summed E-state index contributed by atoms with van der Waals surface area (Å²) < 4.78 is 28.2. The van der Waals surface area contributed by atoms with Gasteiger partial charge in [0.15, 0.2) is 0 Å². The molecule has 0 saturated carbocycles. The highest BCUT2D eigenvalue weighted by atomic mass is 32.2. The van der Waals surface area contributed by atoms with E-state index >= 15 is 0 Å². The van der Waals surface area contributed by atoms with Gasteiger partial charge in [-0.05, 0) is 30.7 Å². The standard InChI is InChI=1S/C25H25N5O3S/c1-19-8-6-11-21(14-19)23-15-24(30(28-23)17-20-9-4-3-5-10-20)27-25(31)18-29(2)34(32,33)22-12-7-13-26-16-22/h3-16H,17-18H2,1-2H3,(H,27,31). The molecule has 0 aliphatic rings. The van der Waals surface area contributed by atoms with E-state index in [1.165, 1.54) is 31.6 Å². The van der Waals surface area contributed by atoms with Crippen LogP contribution in [-0.2, 0) is 21.4 Å². The van der Waals surface area contributed by atoms with Crippen LogP contribution in [0.1, 0.15) is 11.1 Å². The van der Waals surface area contributed by atoms with Crippen LogP contribution in [0.5, 0.6) is 0 Å². The van der Waals surface area contributed by atoms with Gasteiger partial charge in [0.1, 0.15) is 10.7 Å². The zero-order valence-corrected chi connectivity index (χ0v) is 19.7. The van der Waals surface area contributed by atoms with Gasteiger partial charge in [0.25, 0.3) is 0 Å². The summed E-state index contributed by atoms with van der Waals surface area (Å²) in [5.74, 6) is 0.0116. The van der Waals surface area contributed by atoms with Crippen LogP contribution in [0, 0.1) is 6.92 Å². The van der Waals surface area contributed by atoms with E-state index in [2.05, 4.69) is 10.3 Å². The number of hydrogen-bond acceptors (Lipinski definition) is 5. The van der Waals surface area contributed by atoms with E-state index in [0.29, 0.717) is 18.1 Å². The molecule has 4 rings (SSSR count). The van der Waals surface area contributed by atoms with Crippen molar-refractivity contribution in [3.63, 3.8) is 0 Å². The number of anilines is 1. The molecule has 8 nitrogen and oxygen atoms in total. The Bertz CT molecular complexity index is 1390. The maximum Gasteiger partial charge on any atom is 0.244 e. The number of amides is 1. The summed E-state index contributed by atoms with van der Waals surface area (Å²) >= 11 is 0. The number of carbonyl (C=O) groups is 1. The first-order valence-electron chi connectivity index (χ1n) is 10.7. The minimum Gasteiger partial charge on any atom is -0.310 e. The number of pyridine rings is 1. The summed E-state index contributed by atoms with van der Waals surface area (Å²) in [6, 6.07) is 22.5. The van der Waals surface area contributed by atoms with Gasteiger partial charge in [0, 0.05) is 31.1 Å². The zero-order chi connectivity index (χ0) is 24.1. The van der Waals surface area contributed by atoms with E-state index in [-0.39, 0.29) is 11.4 Å². The fourth-order valence-electron chi connectivity index (χ4n) is 3.49. The molecule has 9 heteroatoms.